The first-order valence-electron chi connectivity index (χ1n) is 2.23. The average molecular weight is 124 g/mol. The fraction of sp³-hybridized carbons (Fsp3) is 0. The number of nitrogens with zero attached hydrogens (tertiary/aromatic N) is 2. The predicted octanol–water partition coefficient (Wildman–Crippen LogP) is 1.11. The summed E-state index contributed by atoms with van der Waals surface area (Å²) in [6, 6.07) is 5.41. The minimum Gasteiger partial charge on any atom is -0.269 e. The summed E-state index contributed by atoms with van der Waals surface area (Å²) in [7, 11) is 0. The van der Waals surface area contributed by atoms with E-state index in [2.05, 4.69) is 4.98 Å². The van der Waals surface area contributed by atoms with Gasteiger partial charge in [-0.05, 0) is 12.1 Å². The zero-order valence-corrected chi connectivity index (χ0v) is 4.61. The molecule has 1 rings (SSSR count). The smallest absolute Gasteiger partial charge is 0.101 e. The van der Waals surface area contributed by atoms with Crippen LogP contribution >= 0.6 is 0 Å². The molecule has 0 unspecified atom stereocenters. The van der Waals surface area contributed by atoms with Crippen molar-refractivity contribution in [1.82, 2.24) is 4.98 Å². The molecular weight excluding hydrogens is 119 g/mol. The highest BCUT2D eigenvalue weighted by molar-refractivity contribution is 5.23. The molecule has 1 aromatic heterocycles. The Morgan fingerprint density at radius 3 is 2.67 bits per heavy atom. The second-order valence-electron chi connectivity index (χ2n) is 1.35. The van der Waals surface area contributed by atoms with Crippen molar-refractivity contribution in [2.75, 3.05) is 0 Å². The summed E-state index contributed by atoms with van der Waals surface area (Å²) >= 11 is 0. The van der Waals surface area contributed by atoms with Crippen LogP contribution in [0, 0.1) is 11.3 Å². The summed E-state index contributed by atoms with van der Waals surface area (Å²) in [5, 5.41) is 8.25. The molecule has 1 heterocycles. The van der Waals surface area contributed by atoms with E-state index in [-0.39, 0.29) is 4.70 Å². The van der Waals surface area contributed by atoms with E-state index in [1.807, 2.05) is 6.07 Å². The van der Waals surface area contributed by atoms with Crippen molar-refractivity contribution in [1.29, 1.82) is 5.26 Å². The van der Waals surface area contributed by atoms with Gasteiger partial charge in [0.1, 0.15) is 6.07 Å². The van der Waals surface area contributed by atoms with Crippen LogP contribution in [0.4, 0.5) is 4.70 Å². The Morgan fingerprint density at radius 2 is 2.33 bits per heavy atom. The Labute approximate surface area is 52.1 Å². The molecule has 0 aliphatic carbocycles. The van der Waals surface area contributed by atoms with Crippen LogP contribution in [-0.2, 0) is 0 Å². The summed E-state index contributed by atoms with van der Waals surface area (Å²) < 4.78 is 0. The first-order chi connectivity index (χ1) is 3.93. The molecule has 0 atom stereocenters. The molecule has 1 aromatic rings. The van der Waals surface area contributed by atoms with Gasteiger partial charge in [-0.3, -0.25) is 9.69 Å². The maximum absolute atomic E-state index is 8.25. The Balaban J connectivity index is 0.000000640. The molecule has 0 spiro atoms. The Bertz CT molecular complexity index is 202. The lowest BCUT2D eigenvalue weighted by Crippen LogP contribution is -1.72. The van der Waals surface area contributed by atoms with E-state index in [1.54, 1.807) is 18.3 Å². The van der Waals surface area contributed by atoms with E-state index in [4.69, 9.17) is 5.26 Å². The van der Waals surface area contributed by atoms with Gasteiger partial charge in [0.15, 0.2) is 0 Å². The average Bonchev–Trinajstić information content (AvgIpc) is 1.90. The fourth-order valence-corrected chi connectivity index (χ4v) is 0.429. The lowest BCUT2D eigenvalue weighted by Gasteiger charge is -1.79. The van der Waals surface area contributed by atoms with Crippen LogP contribution in [0.5, 0.6) is 0 Å². The van der Waals surface area contributed by atoms with E-state index < -0.39 is 0 Å². The van der Waals surface area contributed by atoms with Crippen LogP contribution in [0.25, 0.3) is 0 Å². The lowest BCUT2D eigenvalue weighted by atomic mass is 10.3. The van der Waals surface area contributed by atoms with Gasteiger partial charge < -0.3 is 0 Å². The summed E-state index contributed by atoms with van der Waals surface area (Å²) in [5.74, 6) is 0. The molecule has 0 bridgehead atoms. The first-order valence-corrected chi connectivity index (χ1v) is 2.23. The van der Waals surface area contributed by atoms with Crippen molar-refractivity contribution >= 4 is 0 Å². The maximum atomic E-state index is 8.25. The normalized spacial score (nSPS) is 7.00. The van der Waals surface area contributed by atoms with Crippen molar-refractivity contribution in [3.05, 3.63) is 30.1 Å². The third-order valence-electron chi connectivity index (χ3n) is 0.791. The van der Waals surface area contributed by atoms with E-state index in [0.717, 1.165) is 0 Å². The van der Waals surface area contributed by atoms with Gasteiger partial charge in [-0.25, -0.2) is 0 Å². The lowest BCUT2D eigenvalue weighted by molar-refractivity contribution is 1.11. The fourth-order valence-electron chi connectivity index (χ4n) is 0.429. The van der Waals surface area contributed by atoms with Crippen LogP contribution in [0.15, 0.2) is 24.5 Å². The van der Waals surface area contributed by atoms with E-state index in [0.29, 0.717) is 5.56 Å². The Morgan fingerprint density at radius 1 is 1.56 bits per heavy atom. The number of halogens is 1. The summed E-state index contributed by atoms with van der Waals surface area (Å²) in [6.45, 7) is 0. The molecule has 0 amide bonds. The van der Waals surface area contributed by atoms with Crippen molar-refractivity contribution < 1.29 is 4.70 Å². The van der Waals surface area contributed by atoms with E-state index in [1.165, 1.54) is 6.20 Å². The van der Waals surface area contributed by atoms with Crippen LogP contribution in [0.1, 0.15) is 5.56 Å². The molecule has 0 aliphatic heterocycles. The van der Waals surface area contributed by atoms with E-state index in [9.17, 15) is 0 Å². The van der Waals surface area contributed by atoms with Crippen molar-refractivity contribution in [2.45, 2.75) is 0 Å². The van der Waals surface area contributed by atoms with Gasteiger partial charge >= 0.3 is 0 Å². The number of nitriles is 1. The van der Waals surface area contributed by atoms with Crippen LogP contribution in [0.2, 0.25) is 0 Å². The predicted molar refractivity (Wildman–Crippen MR) is 31.5 cm³/mol. The van der Waals surface area contributed by atoms with Crippen LogP contribution in [-0.4, -0.2) is 4.98 Å². The topological polar surface area (TPSA) is 36.7 Å². The molecular formula is C6H5FN2. The zero-order chi connectivity index (χ0) is 5.82. The molecule has 0 fully saturated rings. The second-order valence-corrected chi connectivity index (χ2v) is 1.35. The summed E-state index contributed by atoms with van der Waals surface area (Å²) in [4.78, 5) is 3.73. The number of pyridine rings is 1. The Hall–Kier alpha value is -1.43. The molecule has 0 radical (unpaired) electrons. The van der Waals surface area contributed by atoms with Gasteiger partial charge in [0, 0.05) is 12.4 Å². The number of hydrogen-bond donors (Lipinski definition) is 0. The minimum absolute atomic E-state index is 0. The van der Waals surface area contributed by atoms with Gasteiger partial charge in [0.2, 0.25) is 0 Å². The van der Waals surface area contributed by atoms with Crippen LogP contribution in [0.3, 0.4) is 0 Å². The van der Waals surface area contributed by atoms with Gasteiger partial charge in [-0.1, -0.05) is 0 Å². The van der Waals surface area contributed by atoms with Gasteiger partial charge in [0.05, 0.1) is 5.56 Å². The molecule has 0 aliphatic rings. The molecule has 3 heteroatoms. The SMILES string of the molecule is F.N#Cc1cccnc1. The zero-order valence-electron chi connectivity index (χ0n) is 4.61. The summed E-state index contributed by atoms with van der Waals surface area (Å²) in [6.07, 6.45) is 3.17. The van der Waals surface area contributed by atoms with Crippen molar-refractivity contribution in [2.24, 2.45) is 0 Å². The maximum Gasteiger partial charge on any atom is 0.101 e. The standard InChI is InChI=1S/C6H4N2.FH/c7-4-6-2-1-3-8-5-6;/h1-3,5H;1H. The van der Waals surface area contributed by atoms with Crippen molar-refractivity contribution in [3.63, 3.8) is 0 Å². The minimum atomic E-state index is 0. The number of rotatable bonds is 0. The summed E-state index contributed by atoms with van der Waals surface area (Å²) in [5.41, 5.74) is 0.604. The van der Waals surface area contributed by atoms with Gasteiger partial charge in [-0.2, -0.15) is 5.26 Å². The van der Waals surface area contributed by atoms with Gasteiger partial charge in [0.25, 0.3) is 0 Å². The monoisotopic (exact) mass is 124 g/mol. The third-order valence-corrected chi connectivity index (χ3v) is 0.791. The molecule has 46 valence electrons. The number of hydrogen-bond acceptors (Lipinski definition) is 2. The van der Waals surface area contributed by atoms with Gasteiger partial charge in [-0.15, -0.1) is 0 Å². The molecule has 0 N–H and O–H groups in total. The highest BCUT2D eigenvalue weighted by Crippen LogP contribution is 1.89. The largest absolute Gasteiger partial charge is 0.269 e. The number of aromatic nitrogens is 1. The van der Waals surface area contributed by atoms with Crippen LogP contribution < -0.4 is 0 Å². The molecule has 0 aromatic carbocycles. The quantitative estimate of drug-likeness (QED) is 0.519. The highest BCUT2D eigenvalue weighted by Gasteiger charge is 1.80. The second kappa shape index (κ2) is 3.56. The Kier molecular flexibility index (Phi) is 2.99. The van der Waals surface area contributed by atoms with E-state index >= 15 is 0 Å². The van der Waals surface area contributed by atoms with Crippen molar-refractivity contribution in [3.8, 4) is 6.07 Å². The molecule has 2 nitrogen and oxygen atoms in total. The highest BCUT2D eigenvalue weighted by atomic mass is 19.0. The molecule has 9 heavy (non-hydrogen) atoms. The third kappa shape index (κ3) is 1.87. The first kappa shape index (κ1) is 7.57. The molecule has 0 saturated carbocycles. The molecule has 0 saturated heterocycles.